The van der Waals surface area contributed by atoms with Gasteiger partial charge in [-0.3, -0.25) is 9.80 Å². The highest BCUT2D eigenvalue weighted by molar-refractivity contribution is 7.11. The number of hydrogen-bond donors (Lipinski definition) is 1. The summed E-state index contributed by atoms with van der Waals surface area (Å²) in [6.07, 6.45) is 3.68. The lowest BCUT2D eigenvalue weighted by Crippen LogP contribution is -2.45. The number of aryl methyl sites for hydroxylation is 1. The molecule has 5 nitrogen and oxygen atoms in total. The van der Waals surface area contributed by atoms with E-state index < -0.39 is 0 Å². The molecular weight excluding hydrogens is 260 g/mol. The summed E-state index contributed by atoms with van der Waals surface area (Å²) in [6, 6.07) is 0.314. The Kier molecular flexibility index (Phi) is 4.12. The first-order chi connectivity index (χ1) is 9.22. The molecule has 3 rings (SSSR count). The van der Waals surface area contributed by atoms with Gasteiger partial charge in [-0.1, -0.05) is 6.42 Å². The third-order valence-electron chi connectivity index (χ3n) is 4.12. The monoisotopic (exact) mass is 282 g/mol. The van der Waals surface area contributed by atoms with Gasteiger partial charge in [-0.15, -0.1) is 21.5 Å². The van der Waals surface area contributed by atoms with Crippen LogP contribution in [-0.2, 0) is 6.54 Å². The minimum absolute atomic E-state index is 0.216. The average molecular weight is 282 g/mol. The van der Waals surface area contributed by atoms with E-state index >= 15 is 0 Å². The Morgan fingerprint density at radius 3 is 2.68 bits per heavy atom. The van der Waals surface area contributed by atoms with Crippen molar-refractivity contribution >= 4 is 11.3 Å². The molecule has 0 amide bonds. The van der Waals surface area contributed by atoms with Crippen LogP contribution in [0.2, 0.25) is 0 Å². The van der Waals surface area contributed by atoms with Gasteiger partial charge in [-0.05, 0) is 32.9 Å². The third kappa shape index (κ3) is 3.13. The van der Waals surface area contributed by atoms with Crippen molar-refractivity contribution in [2.75, 3.05) is 26.2 Å². The van der Waals surface area contributed by atoms with Gasteiger partial charge in [0.05, 0.1) is 12.6 Å². The lowest BCUT2D eigenvalue weighted by molar-refractivity contribution is 0.0706. The number of hydrogen-bond acceptors (Lipinski definition) is 6. The number of aromatic nitrogens is 2. The average Bonchev–Trinajstić information content (AvgIpc) is 2.97. The number of piperidine rings is 1. The molecule has 2 aliphatic heterocycles. The minimum Gasteiger partial charge on any atom is -0.390 e. The Morgan fingerprint density at radius 2 is 2.00 bits per heavy atom. The fraction of sp³-hybridized carbons (Fsp3) is 0.846. The van der Waals surface area contributed by atoms with Crippen molar-refractivity contribution in [2.45, 2.75) is 44.9 Å². The Balaban J connectivity index is 1.58. The maximum absolute atomic E-state index is 10.3. The van der Waals surface area contributed by atoms with E-state index in [1.807, 2.05) is 6.92 Å². The summed E-state index contributed by atoms with van der Waals surface area (Å²) in [7, 11) is 0. The number of β-amino-alcohol motifs (C(OH)–C–C–N with tert-alkyl or cyclic N) is 1. The number of nitrogens with zero attached hydrogens (tertiary/aromatic N) is 4. The summed E-state index contributed by atoms with van der Waals surface area (Å²) in [5, 5.41) is 20.6. The zero-order chi connectivity index (χ0) is 13.2. The largest absolute Gasteiger partial charge is 0.390 e. The minimum atomic E-state index is -0.216. The van der Waals surface area contributed by atoms with E-state index in [4.69, 9.17) is 0 Å². The van der Waals surface area contributed by atoms with Crippen molar-refractivity contribution in [3.05, 3.63) is 10.0 Å². The van der Waals surface area contributed by atoms with Crippen LogP contribution in [0.25, 0.3) is 0 Å². The van der Waals surface area contributed by atoms with Crippen LogP contribution in [0.5, 0.6) is 0 Å². The van der Waals surface area contributed by atoms with Crippen molar-refractivity contribution in [3.8, 4) is 0 Å². The SMILES string of the molecule is Cc1nnc(CN2C[C@H](O)[C@@H](N3CCCCC3)C2)s1. The predicted octanol–water partition coefficient (Wildman–Crippen LogP) is 0.878. The Bertz CT molecular complexity index is 419. The van der Waals surface area contributed by atoms with Gasteiger partial charge in [-0.25, -0.2) is 0 Å². The summed E-state index contributed by atoms with van der Waals surface area (Å²) in [5.41, 5.74) is 0. The maximum Gasteiger partial charge on any atom is 0.131 e. The van der Waals surface area contributed by atoms with Gasteiger partial charge in [0, 0.05) is 19.1 Å². The zero-order valence-electron chi connectivity index (χ0n) is 11.5. The molecular formula is C13H22N4OS. The second-order valence-corrected chi connectivity index (χ2v) is 6.91. The molecule has 0 radical (unpaired) electrons. The first-order valence-electron chi connectivity index (χ1n) is 7.16. The Morgan fingerprint density at radius 1 is 1.21 bits per heavy atom. The summed E-state index contributed by atoms with van der Waals surface area (Å²) in [5.74, 6) is 0. The van der Waals surface area contributed by atoms with Crippen LogP contribution in [0.3, 0.4) is 0 Å². The van der Waals surface area contributed by atoms with Gasteiger partial charge in [-0.2, -0.15) is 0 Å². The van der Waals surface area contributed by atoms with Crippen molar-refractivity contribution in [3.63, 3.8) is 0 Å². The third-order valence-corrected chi connectivity index (χ3v) is 4.94. The quantitative estimate of drug-likeness (QED) is 0.892. The lowest BCUT2D eigenvalue weighted by Gasteiger charge is -2.33. The molecule has 19 heavy (non-hydrogen) atoms. The van der Waals surface area contributed by atoms with Crippen LogP contribution >= 0.6 is 11.3 Å². The second kappa shape index (κ2) is 5.83. The number of likely N-dealkylation sites (tertiary alicyclic amines) is 2. The van der Waals surface area contributed by atoms with Gasteiger partial charge in [0.25, 0.3) is 0 Å². The highest BCUT2D eigenvalue weighted by Gasteiger charge is 2.36. The zero-order valence-corrected chi connectivity index (χ0v) is 12.3. The summed E-state index contributed by atoms with van der Waals surface area (Å²) >= 11 is 1.65. The van der Waals surface area contributed by atoms with E-state index in [0.717, 1.165) is 42.7 Å². The Labute approximate surface area is 118 Å². The van der Waals surface area contributed by atoms with Crippen LogP contribution < -0.4 is 0 Å². The first kappa shape index (κ1) is 13.4. The van der Waals surface area contributed by atoms with E-state index in [0.29, 0.717) is 6.04 Å². The predicted molar refractivity (Wildman–Crippen MR) is 75.1 cm³/mol. The van der Waals surface area contributed by atoms with E-state index in [9.17, 15) is 5.11 Å². The van der Waals surface area contributed by atoms with Crippen LogP contribution in [-0.4, -0.2) is 63.4 Å². The van der Waals surface area contributed by atoms with Gasteiger partial charge in [0.2, 0.25) is 0 Å². The van der Waals surface area contributed by atoms with Crippen LogP contribution in [0.1, 0.15) is 29.3 Å². The molecule has 2 fully saturated rings. The standard InChI is InChI=1S/C13H22N4OS/c1-10-14-15-13(19-10)9-16-7-11(12(18)8-16)17-5-3-2-4-6-17/h11-12,18H,2-9H2,1H3/t11-,12-/m0/s1. The topological polar surface area (TPSA) is 52.5 Å². The van der Waals surface area contributed by atoms with Crippen LogP contribution in [0.15, 0.2) is 0 Å². The highest BCUT2D eigenvalue weighted by Crippen LogP contribution is 2.22. The molecule has 2 atom stereocenters. The van der Waals surface area contributed by atoms with E-state index in [1.54, 1.807) is 11.3 Å². The maximum atomic E-state index is 10.3. The molecule has 1 aromatic rings. The molecule has 0 aliphatic carbocycles. The first-order valence-corrected chi connectivity index (χ1v) is 7.97. The highest BCUT2D eigenvalue weighted by atomic mass is 32.1. The van der Waals surface area contributed by atoms with E-state index in [-0.39, 0.29) is 6.10 Å². The molecule has 1 N–H and O–H groups in total. The smallest absolute Gasteiger partial charge is 0.131 e. The van der Waals surface area contributed by atoms with Crippen molar-refractivity contribution in [2.24, 2.45) is 0 Å². The van der Waals surface area contributed by atoms with E-state index in [1.165, 1.54) is 19.3 Å². The molecule has 2 saturated heterocycles. The van der Waals surface area contributed by atoms with Gasteiger partial charge in [0.15, 0.2) is 0 Å². The number of rotatable bonds is 3. The molecule has 0 aromatic carbocycles. The van der Waals surface area contributed by atoms with Crippen molar-refractivity contribution in [1.82, 2.24) is 20.0 Å². The normalized spacial score (nSPS) is 30.0. The lowest BCUT2D eigenvalue weighted by atomic mass is 10.1. The van der Waals surface area contributed by atoms with Crippen LogP contribution in [0, 0.1) is 6.92 Å². The molecule has 0 unspecified atom stereocenters. The molecule has 3 heterocycles. The Hall–Kier alpha value is -0.560. The fourth-order valence-electron chi connectivity index (χ4n) is 3.18. The summed E-state index contributed by atoms with van der Waals surface area (Å²) in [4.78, 5) is 4.78. The van der Waals surface area contributed by atoms with Crippen molar-refractivity contribution < 1.29 is 5.11 Å². The molecule has 0 saturated carbocycles. The number of aliphatic hydroxyl groups is 1. The molecule has 1 aromatic heterocycles. The van der Waals surface area contributed by atoms with Crippen LogP contribution in [0.4, 0.5) is 0 Å². The van der Waals surface area contributed by atoms with Crippen molar-refractivity contribution in [1.29, 1.82) is 0 Å². The second-order valence-electron chi connectivity index (χ2n) is 5.64. The molecule has 6 heteroatoms. The molecule has 106 valence electrons. The number of aliphatic hydroxyl groups excluding tert-OH is 1. The van der Waals surface area contributed by atoms with Gasteiger partial charge in [0.1, 0.15) is 10.0 Å². The summed E-state index contributed by atoms with van der Waals surface area (Å²) < 4.78 is 0. The molecule has 2 aliphatic rings. The summed E-state index contributed by atoms with van der Waals surface area (Å²) in [6.45, 7) is 6.82. The fourth-order valence-corrected chi connectivity index (χ4v) is 3.93. The van der Waals surface area contributed by atoms with E-state index in [2.05, 4.69) is 20.0 Å². The van der Waals surface area contributed by atoms with Gasteiger partial charge >= 0.3 is 0 Å². The molecule has 0 spiro atoms. The van der Waals surface area contributed by atoms with Gasteiger partial charge < -0.3 is 5.11 Å². The molecule has 0 bridgehead atoms.